The van der Waals surface area contributed by atoms with Crippen molar-refractivity contribution in [3.63, 3.8) is 0 Å². The van der Waals surface area contributed by atoms with Crippen molar-refractivity contribution < 1.29 is 13.7 Å². The molecule has 1 atom stereocenters. The minimum Gasteiger partial charge on any atom is -0.375 e. The Morgan fingerprint density at radius 3 is 2.76 bits per heavy atom. The van der Waals surface area contributed by atoms with Gasteiger partial charge in [0.05, 0.1) is 18.2 Å². The number of benzene rings is 1. The molecular formula is C19H26FN3O2. The Bertz CT molecular complexity index is 679. The van der Waals surface area contributed by atoms with E-state index >= 15 is 0 Å². The largest absolute Gasteiger partial charge is 0.375 e. The quantitative estimate of drug-likeness (QED) is 0.796. The molecule has 5 nitrogen and oxygen atoms in total. The lowest BCUT2D eigenvalue weighted by molar-refractivity contribution is -0.0155. The fourth-order valence-electron chi connectivity index (χ4n) is 3.10. The Hall–Kier alpha value is -1.79. The maximum Gasteiger partial charge on any atom is 0.244 e. The summed E-state index contributed by atoms with van der Waals surface area (Å²) in [5.41, 5.74) is 0.845. The molecule has 1 fully saturated rings. The highest BCUT2D eigenvalue weighted by molar-refractivity contribution is 5.19. The zero-order chi connectivity index (χ0) is 17.9. The van der Waals surface area contributed by atoms with Gasteiger partial charge in [0.2, 0.25) is 5.89 Å². The smallest absolute Gasteiger partial charge is 0.244 e. The van der Waals surface area contributed by atoms with E-state index in [4.69, 9.17) is 9.26 Å². The first kappa shape index (κ1) is 18.0. The van der Waals surface area contributed by atoms with Gasteiger partial charge in [0, 0.05) is 13.0 Å². The van der Waals surface area contributed by atoms with Crippen molar-refractivity contribution in [2.75, 3.05) is 19.7 Å². The van der Waals surface area contributed by atoms with Crippen LogP contribution >= 0.6 is 0 Å². The Balaban J connectivity index is 1.59. The third-order valence-corrected chi connectivity index (χ3v) is 4.32. The summed E-state index contributed by atoms with van der Waals surface area (Å²) in [4.78, 5) is 6.91. The molecule has 1 aliphatic rings. The average Bonchev–Trinajstić information content (AvgIpc) is 3.17. The van der Waals surface area contributed by atoms with Crippen molar-refractivity contribution in [1.82, 2.24) is 15.0 Å². The predicted molar refractivity (Wildman–Crippen MR) is 92.8 cm³/mol. The van der Waals surface area contributed by atoms with Gasteiger partial charge in [-0.25, -0.2) is 4.39 Å². The highest BCUT2D eigenvalue weighted by atomic mass is 19.1. The van der Waals surface area contributed by atoms with Crippen molar-refractivity contribution in [2.45, 2.75) is 51.7 Å². The SMILES string of the molecule is CC(C)(C)OCCN1CCCC1c1nc(Cc2ccc(F)cc2)no1. The van der Waals surface area contributed by atoms with E-state index in [1.165, 1.54) is 12.1 Å². The molecule has 2 heterocycles. The summed E-state index contributed by atoms with van der Waals surface area (Å²) >= 11 is 0. The van der Waals surface area contributed by atoms with E-state index in [1.54, 1.807) is 12.1 Å². The summed E-state index contributed by atoms with van der Waals surface area (Å²) in [5.74, 6) is 1.07. The van der Waals surface area contributed by atoms with Crippen LogP contribution in [0.1, 0.15) is 56.9 Å². The van der Waals surface area contributed by atoms with Crippen LogP contribution in [0.3, 0.4) is 0 Å². The number of nitrogens with zero attached hydrogens (tertiary/aromatic N) is 3. The Kier molecular flexibility index (Phi) is 5.49. The molecule has 0 aliphatic carbocycles. The zero-order valence-corrected chi connectivity index (χ0v) is 15.2. The van der Waals surface area contributed by atoms with E-state index in [0.29, 0.717) is 24.7 Å². The lowest BCUT2D eigenvalue weighted by atomic mass is 10.1. The molecule has 1 aliphatic heterocycles. The number of hydrogen-bond acceptors (Lipinski definition) is 5. The minimum atomic E-state index is -0.239. The maximum absolute atomic E-state index is 13.0. The molecule has 0 N–H and O–H groups in total. The molecule has 1 aromatic heterocycles. The average molecular weight is 347 g/mol. The summed E-state index contributed by atoms with van der Waals surface area (Å²) in [6.07, 6.45) is 2.69. The molecule has 1 aromatic carbocycles. The monoisotopic (exact) mass is 347 g/mol. The van der Waals surface area contributed by atoms with E-state index in [0.717, 1.165) is 31.5 Å². The Morgan fingerprint density at radius 2 is 2.04 bits per heavy atom. The molecule has 136 valence electrons. The first-order chi connectivity index (χ1) is 11.9. The van der Waals surface area contributed by atoms with Crippen LogP contribution in [0.15, 0.2) is 28.8 Å². The summed E-state index contributed by atoms with van der Waals surface area (Å²) in [6.45, 7) is 8.76. The van der Waals surface area contributed by atoms with Crippen LogP contribution < -0.4 is 0 Å². The van der Waals surface area contributed by atoms with Gasteiger partial charge in [0.15, 0.2) is 5.82 Å². The van der Waals surface area contributed by atoms with Gasteiger partial charge < -0.3 is 9.26 Å². The van der Waals surface area contributed by atoms with Gasteiger partial charge >= 0.3 is 0 Å². The van der Waals surface area contributed by atoms with Crippen LogP contribution in [0.5, 0.6) is 0 Å². The third-order valence-electron chi connectivity index (χ3n) is 4.32. The molecular weight excluding hydrogens is 321 g/mol. The van der Waals surface area contributed by atoms with Gasteiger partial charge in [0.25, 0.3) is 0 Å². The number of rotatable bonds is 6. The molecule has 2 aromatic rings. The van der Waals surface area contributed by atoms with Gasteiger partial charge in [0.1, 0.15) is 5.82 Å². The molecule has 0 radical (unpaired) electrons. The van der Waals surface area contributed by atoms with Gasteiger partial charge in [-0.15, -0.1) is 0 Å². The van der Waals surface area contributed by atoms with Crippen molar-refractivity contribution >= 4 is 0 Å². The Morgan fingerprint density at radius 1 is 1.28 bits per heavy atom. The molecule has 1 saturated heterocycles. The van der Waals surface area contributed by atoms with Crippen LogP contribution in [0.25, 0.3) is 0 Å². The van der Waals surface area contributed by atoms with Gasteiger partial charge in [-0.05, 0) is 57.9 Å². The Labute approximate surface area is 148 Å². The fraction of sp³-hybridized carbons (Fsp3) is 0.579. The summed E-state index contributed by atoms with van der Waals surface area (Å²) in [7, 11) is 0. The van der Waals surface area contributed by atoms with Crippen molar-refractivity contribution in [1.29, 1.82) is 0 Å². The number of ether oxygens (including phenoxy) is 1. The van der Waals surface area contributed by atoms with E-state index in [2.05, 4.69) is 35.8 Å². The molecule has 0 spiro atoms. The second-order valence-corrected chi connectivity index (χ2v) is 7.51. The van der Waals surface area contributed by atoms with E-state index < -0.39 is 0 Å². The molecule has 0 saturated carbocycles. The summed E-state index contributed by atoms with van der Waals surface area (Å²) in [6, 6.07) is 6.56. The topological polar surface area (TPSA) is 51.4 Å². The number of likely N-dealkylation sites (tertiary alicyclic amines) is 1. The summed E-state index contributed by atoms with van der Waals surface area (Å²) in [5, 5.41) is 4.09. The lowest BCUT2D eigenvalue weighted by Gasteiger charge is -2.25. The van der Waals surface area contributed by atoms with Gasteiger partial charge in [-0.3, -0.25) is 4.90 Å². The molecule has 0 amide bonds. The van der Waals surface area contributed by atoms with Crippen LogP contribution in [0, 0.1) is 5.82 Å². The van der Waals surface area contributed by atoms with Crippen LogP contribution in [-0.2, 0) is 11.2 Å². The first-order valence-electron chi connectivity index (χ1n) is 8.86. The summed E-state index contributed by atoms with van der Waals surface area (Å²) < 4.78 is 24.3. The highest BCUT2D eigenvalue weighted by Crippen LogP contribution is 2.30. The maximum atomic E-state index is 13.0. The third kappa shape index (κ3) is 5.09. The van der Waals surface area contributed by atoms with Crippen LogP contribution in [0.4, 0.5) is 4.39 Å². The van der Waals surface area contributed by atoms with E-state index in [1.807, 2.05) is 0 Å². The number of halogens is 1. The van der Waals surface area contributed by atoms with Gasteiger partial charge in [-0.2, -0.15) is 4.98 Å². The normalized spacial score (nSPS) is 18.8. The van der Waals surface area contributed by atoms with Gasteiger partial charge in [-0.1, -0.05) is 17.3 Å². The second kappa shape index (κ2) is 7.62. The molecule has 25 heavy (non-hydrogen) atoms. The molecule has 3 rings (SSSR count). The number of hydrogen-bond donors (Lipinski definition) is 0. The second-order valence-electron chi connectivity index (χ2n) is 7.51. The predicted octanol–water partition coefficient (Wildman–Crippen LogP) is 3.75. The van der Waals surface area contributed by atoms with Crippen LogP contribution in [-0.4, -0.2) is 40.3 Å². The number of aromatic nitrogens is 2. The van der Waals surface area contributed by atoms with Crippen LogP contribution in [0.2, 0.25) is 0 Å². The standard InChI is InChI=1S/C19H26FN3O2/c1-19(2,3)24-12-11-23-10-4-5-16(23)18-21-17(22-25-18)13-14-6-8-15(20)9-7-14/h6-9,16H,4-5,10-13H2,1-3H3. The van der Waals surface area contributed by atoms with Crippen molar-refractivity contribution in [3.05, 3.63) is 47.4 Å². The molecule has 0 bridgehead atoms. The fourth-order valence-corrected chi connectivity index (χ4v) is 3.10. The zero-order valence-electron chi connectivity index (χ0n) is 15.2. The van der Waals surface area contributed by atoms with E-state index in [9.17, 15) is 4.39 Å². The minimum absolute atomic E-state index is 0.123. The van der Waals surface area contributed by atoms with E-state index in [-0.39, 0.29) is 17.5 Å². The highest BCUT2D eigenvalue weighted by Gasteiger charge is 2.30. The first-order valence-corrected chi connectivity index (χ1v) is 8.86. The molecule has 6 heteroatoms. The van der Waals surface area contributed by atoms with Crippen molar-refractivity contribution in [3.8, 4) is 0 Å². The molecule has 1 unspecified atom stereocenters. The lowest BCUT2D eigenvalue weighted by Crippen LogP contribution is -2.30. The van der Waals surface area contributed by atoms with Crippen molar-refractivity contribution in [2.24, 2.45) is 0 Å².